The van der Waals surface area contributed by atoms with Crippen molar-refractivity contribution in [1.82, 2.24) is 5.32 Å². The van der Waals surface area contributed by atoms with E-state index in [0.717, 1.165) is 17.5 Å². The SMILES string of the molecule is COc1ccc2c(c1)/C(=C/C(=O)c1cccc(NC(=O)c3ccc(C)c([N+](=O)[O-])c3)c1)NC(C)(C)C2. The molecular weight excluding hydrogens is 458 g/mol. The van der Waals surface area contributed by atoms with Crippen molar-refractivity contribution in [2.24, 2.45) is 0 Å². The summed E-state index contributed by atoms with van der Waals surface area (Å²) in [4.78, 5) is 36.6. The lowest BCUT2D eigenvalue weighted by molar-refractivity contribution is -0.385. The standard InChI is InChI=1S/C28H27N3O5/c1-17-8-9-19(13-25(17)31(34)35)27(33)29-21-7-5-6-18(12-21)26(32)15-24-23-14-22(36-4)11-10-20(23)16-28(2,3)30-24/h5-15,30H,16H2,1-4H3,(H,29,33)/b24-15-. The van der Waals surface area contributed by atoms with Gasteiger partial charge in [-0.3, -0.25) is 19.7 Å². The van der Waals surface area contributed by atoms with Crippen LogP contribution in [0.25, 0.3) is 5.70 Å². The fraction of sp³-hybridized carbons (Fsp3) is 0.214. The van der Waals surface area contributed by atoms with Gasteiger partial charge in [0, 0.05) is 51.3 Å². The smallest absolute Gasteiger partial charge is 0.273 e. The first-order valence-corrected chi connectivity index (χ1v) is 11.4. The molecule has 0 aromatic heterocycles. The summed E-state index contributed by atoms with van der Waals surface area (Å²) >= 11 is 0. The maximum atomic E-state index is 13.2. The van der Waals surface area contributed by atoms with Crippen LogP contribution in [0.3, 0.4) is 0 Å². The van der Waals surface area contributed by atoms with Gasteiger partial charge in [-0.25, -0.2) is 0 Å². The number of fused-ring (bicyclic) bond motifs is 1. The van der Waals surface area contributed by atoms with E-state index in [2.05, 4.69) is 24.5 Å². The van der Waals surface area contributed by atoms with Crippen molar-refractivity contribution < 1.29 is 19.2 Å². The third kappa shape index (κ3) is 5.27. The number of ether oxygens (including phenoxy) is 1. The first-order valence-electron chi connectivity index (χ1n) is 11.4. The molecule has 4 rings (SSSR count). The molecule has 1 aliphatic rings. The van der Waals surface area contributed by atoms with Crippen LogP contribution in [0.1, 0.15) is 51.3 Å². The maximum Gasteiger partial charge on any atom is 0.273 e. The van der Waals surface area contributed by atoms with E-state index in [0.29, 0.717) is 28.3 Å². The van der Waals surface area contributed by atoms with Gasteiger partial charge in [-0.15, -0.1) is 0 Å². The second-order valence-corrected chi connectivity index (χ2v) is 9.42. The van der Waals surface area contributed by atoms with Crippen LogP contribution in [0, 0.1) is 17.0 Å². The molecule has 8 nitrogen and oxygen atoms in total. The largest absolute Gasteiger partial charge is 0.497 e. The predicted octanol–water partition coefficient (Wildman–Crippen LogP) is 5.31. The van der Waals surface area contributed by atoms with E-state index < -0.39 is 10.8 Å². The molecule has 8 heteroatoms. The van der Waals surface area contributed by atoms with Gasteiger partial charge in [0.25, 0.3) is 11.6 Å². The quantitative estimate of drug-likeness (QED) is 0.212. The van der Waals surface area contributed by atoms with Gasteiger partial charge in [0.05, 0.1) is 12.0 Å². The Kier molecular flexibility index (Phi) is 6.61. The number of nitro benzene ring substituents is 1. The number of allylic oxidation sites excluding steroid dienone is 1. The molecule has 0 saturated carbocycles. The number of rotatable bonds is 6. The summed E-state index contributed by atoms with van der Waals surface area (Å²) < 4.78 is 5.37. The molecule has 2 N–H and O–H groups in total. The number of aryl methyl sites for hydroxylation is 1. The van der Waals surface area contributed by atoms with Crippen LogP contribution < -0.4 is 15.4 Å². The molecule has 0 bridgehead atoms. The zero-order valence-corrected chi connectivity index (χ0v) is 20.5. The van der Waals surface area contributed by atoms with Gasteiger partial charge in [-0.05, 0) is 63.1 Å². The number of nitrogens with zero attached hydrogens (tertiary/aromatic N) is 1. The molecule has 1 amide bonds. The highest BCUT2D eigenvalue weighted by Gasteiger charge is 2.28. The molecule has 0 unspecified atom stereocenters. The van der Waals surface area contributed by atoms with Gasteiger partial charge in [-0.2, -0.15) is 0 Å². The number of amides is 1. The van der Waals surface area contributed by atoms with Gasteiger partial charge in [0.2, 0.25) is 0 Å². The van der Waals surface area contributed by atoms with Gasteiger partial charge in [-0.1, -0.05) is 24.3 Å². The highest BCUT2D eigenvalue weighted by molar-refractivity contribution is 6.10. The van der Waals surface area contributed by atoms with Gasteiger partial charge in [0.15, 0.2) is 5.78 Å². The second-order valence-electron chi connectivity index (χ2n) is 9.42. The molecule has 0 radical (unpaired) electrons. The Labute approximate surface area is 209 Å². The minimum absolute atomic E-state index is 0.127. The summed E-state index contributed by atoms with van der Waals surface area (Å²) in [7, 11) is 1.60. The number of anilines is 1. The van der Waals surface area contributed by atoms with Crippen molar-refractivity contribution in [3.05, 3.63) is 105 Å². The highest BCUT2D eigenvalue weighted by atomic mass is 16.6. The minimum atomic E-state index is -0.521. The van der Waals surface area contributed by atoms with E-state index >= 15 is 0 Å². The molecule has 0 fully saturated rings. The molecule has 3 aromatic carbocycles. The van der Waals surface area contributed by atoms with Gasteiger partial charge < -0.3 is 15.4 Å². The van der Waals surface area contributed by atoms with Gasteiger partial charge >= 0.3 is 0 Å². The number of nitrogens with one attached hydrogen (secondary N) is 2. The normalized spacial score (nSPS) is 14.9. The molecule has 36 heavy (non-hydrogen) atoms. The Balaban J connectivity index is 1.60. The molecule has 1 heterocycles. The first-order chi connectivity index (χ1) is 17.1. The van der Waals surface area contributed by atoms with Crippen LogP contribution in [0.2, 0.25) is 0 Å². The number of hydrogen-bond acceptors (Lipinski definition) is 6. The fourth-order valence-corrected chi connectivity index (χ4v) is 4.27. The van der Waals surface area contributed by atoms with E-state index in [1.165, 1.54) is 18.2 Å². The number of methoxy groups -OCH3 is 1. The average molecular weight is 486 g/mol. The Morgan fingerprint density at radius 2 is 1.86 bits per heavy atom. The summed E-state index contributed by atoms with van der Waals surface area (Å²) in [5.41, 5.74) is 3.79. The Hall–Kier alpha value is -4.46. The summed E-state index contributed by atoms with van der Waals surface area (Å²) in [6, 6.07) is 16.7. The van der Waals surface area contributed by atoms with Gasteiger partial charge in [0.1, 0.15) is 5.75 Å². The molecule has 0 saturated heterocycles. The van der Waals surface area contributed by atoms with Crippen molar-refractivity contribution in [3.8, 4) is 5.75 Å². The van der Waals surface area contributed by atoms with E-state index in [-0.39, 0.29) is 22.6 Å². The summed E-state index contributed by atoms with van der Waals surface area (Å²) in [6.07, 6.45) is 2.36. The highest BCUT2D eigenvalue weighted by Crippen LogP contribution is 2.32. The van der Waals surface area contributed by atoms with Crippen molar-refractivity contribution in [2.45, 2.75) is 32.7 Å². The molecule has 3 aromatic rings. The minimum Gasteiger partial charge on any atom is -0.497 e. The molecule has 184 valence electrons. The van der Waals surface area contributed by atoms with Crippen molar-refractivity contribution >= 4 is 28.8 Å². The molecule has 0 aliphatic carbocycles. The lowest BCUT2D eigenvalue weighted by Gasteiger charge is -2.35. The first kappa shape index (κ1) is 24.7. The van der Waals surface area contributed by atoms with Crippen LogP contribution in [0.15, 0.2) is 66.7 Å². The third-order valence-electron chi connectivity index (χ3n) is 6.06. The molecule has 0 spiro atoms. The summed E-state index contributed by atoms with van der Waals surface area (Å²) in [6.45, 7) is 5.76. The number of carbonyl (C=O) groups excluding carboxylic acids is 2. The number of benzene rings is 3. The number of ketones is 1. The topological polar surface area (TPSA) is 111 Å². The number of carbonyl (C=O) groups is 2. The van der Waals surface area contributed by atoms with E-state index in [9.17, 15) is 19.7 Å². The van der Waals surface area contributed by atoms with Crippen LogP contribution in [0.4, 0.5) is 11.4 Å². The van der Waals surface area contributed by atoms with Crippen LogP contribution >= 0.6 is 0 Å². The van der Waals surface area contributed by atoms with Crippen LogP contribution in [-0.4, -0.2) is 29.3 Å². The Morgan fingerprint density at radius 3 is 2.58 bits per heavy atom. The van der Waals surface area contributed by atoms with Crippen molar-refractivity contribution in [2.75, 3.05) is 12.4 Å². The lowest BCUT2D eigenvalue weighted by atomic mass is 9.85. The van der Waals surface area contributed by atoms with Crippen molar-refractivity contribution in [3.63, 3.8) is 0 Å². The average Bonchev–Trinajstić information content (AvgIpc) is 2.83. The van der Waals surface area contributed by atoms with E-state index in [1.54, 1.807) is 44.4 Å². The molecule has 0 atom stereocenters. The number of nitro groups is 1. The van der Waals surface area contributed by atoms with Crippen LogP contribution in [-0.2, 0) is 6.42 Å². The van der Waals surface area contributed by atoms with Crippen molar-refractivity contribution in [1.29, 1.82) is 0 Å². The van der Waals surface area contributed by atoms with E-state index in [4.69, 9.17) is 4.74 Å². The van der Waals surface area contributed by atoms with E-state index in [1.807, 2.05) is 18.2 Å². The second kappa shape index (κ2) is 9.65. The third-order valence-corrected chi connectivity index (χ3v) is 6.06. The molecule has 1 aliphatic heterocycles. The summed E-state index contributed by atoms with van der Waals surface area (Å²) in [5, 5.41) is 17.4. The predicted molar refractivity (Wildman–Crippen MR) is 138 cm³/mol. The maximum absolute atomic E-state index is 13.2. The fourth-order valence-electron chi connectivity index (χ4n) is 4.27. The zero-order chi connectivity index (χ0) is 26.0. The molecular formula is C28H27N3O5. The lowest BCUT2D eigenvalue weighted by Crippen LogP contribution is -2.43. The summed E-state index contributed by atoms with van der Waals surface area (Å²) in [5.74, 6) is -0.0292. The number of hydrogen-bond donors (Lipinski definition) is 2. The Bertz CT molecular complexity index is 1410. The zero-order valence-electron chi connectivity index (χ0n) is 20.5. The Morgan fingerprint density at radius 1 is 1.08 bits per heavy atom. The van der Waals surface area contributed by atoms with Crippen LogP contribution in [0.5, 0.6) is 5.75 Å². The monoisotopic (exact) mass is 485 g/mol.